The van der Waals surface area contributed by atoms with Crippen molar-refractivity contribution in [3.63, 3.8) is 0 Å². The Hall–Kier alpha value is -4.55. The Morgan fingerprint density at radius 1 is 0.814 bits per heavy atom. The fraction of sp³-hybridized carbons (Fsp3) is 0.270. The molecule has 1 saturated heterocycles. The summed E-state index contributed by atoms with van der Waals surface area (Å²) in [4.78, 5) is 16.8. The second-order valence-corrected chi connectivity index (χ2v) is 11.5. The van der Waals surface area contributed by atoms with Crippen LogP contribution in [0.3, 0.4) is 0 Å². The van der Waals surface area contributed by atoms with Crippen LogP contribution in [0, 0.1) is 0 Å². The highest BCUT2D eigenvalue weighted by Gasteiger charge is 2.29. The Morgan fingerprint density at radius 3 is 2.33 bits per heavy atom. The number of methoxy groups -OCH3 is 1. The Kier molecular flexibility index (Phi) is 7.37. The first-order valence-electron chi connectivity index (χ1n) is 15.2. The third-order valence-electron chi connectivity index (χ3n) is 8.91. The van der Waals surface area contributed by atoms with Gasteiger partial charge in [0.2, 0.25) is 0 Å². The summed E-state index contributed by atoms with van der Waals surface area (Å²) >= 11 is 0. The molecule has 0 bridgehead atoms. The number of ketones is 1. The van der Waals surface area contributed by atoms with Gasteiger partial charge < -0.3 is 19.1 Å². The predicted octanol–water partition coefficient (Wildman–Crippen LogP) is 7.34. The number of benzene rings is 4. The second-order valence-electron chi connectivity index (χ2n) is 11.5. The molecule has 2 aliphatic rings. The quantitative estimate of drug-likeness (QED) is 0.197. The number of rotatable bonds is 8. The molecule has 4 aromatic carbocycles. The van der Waals surface area contributed by atoms with Gasteiger partial charge in [0.1, 0.15) is 23.9 Å². The zero-order valence-corrected chi connectivity index (χ0v) is 24.5. The van der Waals surface area contributed by atoms with E-state index in [1.807, 2.05) is 42.5 Å². The van der Waals surface area contributed by atoms with Crippen molar-refractivity contribution in [1.82, 2.24) is 9.47 Å². The number of carbonyl (C=O) groups excluding carboxylic acids is 1. The van der Waals surface area contributed by atoms with Gasteiger partial charge in [0.05, 0.1) is 23.9 Å². The van der Waals surface area contributed by atoms with Gasteiger partial charge in [-0.1, -0.05) is 30.7 Å². The van der Waals surface area contributed by atoms with E-state index >= 15 is 0 Å². The van der Waals surface area contributed by atoms with Crippen LogP contribution >= 0.6 is 0 Å². The highest BCUT2D eigenvalue weighted by atomic mass is 16.5. The number of aromatic nitrogens is 1. The van der Waals surface area contributed by atoms with E-state index in [1.54, 1.807) is 19.2 Å². The number of fused-ring (bicyclic) bond motifs is 5. The minimum Gasteiger partial charge on any atom is -0.508 e. The molecule has 218 valence electrons. The lowest BCUT2D eigenvalue weighted by Crippen LogP contribution is -2.33. The van der Waals surface area contributed by atoms with Gasteiger partial charge in [-0.2, -0.15) is 0 Å². The summed E-state index contributed by atoms with van der Waals surface area (Å²) < 4.78 is 13.6. The molecule has 2 aliphatic heterocycles. The average molecular weight is 573 g/mol. The number of carbonyl (C=O) groups is 1. The van der Waals surface area contributed by atoms with E-state index in [4.69, 9.17) is 9.47 Å². The molecule has 1 fully saturated rings. The topological polar surface area (TPSA) is 63.9 Å². The largest absolute Gasteiger partial charge is 0.508 e. The number of hydrogen-bond acceptors (Lipinski definition) is 5. The van der Waals surface area contributed by atoms with Gasteiger partial charge in [0.15, 0.2) is 5.78 Å². The average Bonchev–Trinajstić information content (AvgIpc) is 3.39. The van der Waals surface area contributed by atoms with E-state index in [1.165, 1.54) is 24.8 Å². The van der Waals surface area contributed by atoms with Gasteiger partial charge in [0, 0.05) is 35.7 Å². The third-order valence-corrected chi connectivity index (χ3v) is 8.91. The number of ether oxygens (including phenoxy) is 2. The summed E-state index contributed by atoms with van der Waals surface area (Å²) in [5.41, 5.74) is 7.48. The van der Waals surface area contributed by atoms with E-state index in [0.717, 1.165) is 77.4 Å². The van der Waals surface area contributed by atoms with E-state index in [2.05, 4.69) is 39.8 Å². The molecular formula is C37H36N2O4. The van der Waals surface area contributed by atoms with Gasteiger partial charge in [-0.3, -0.25) is 9.69 Å². The van der Waals surface area contributed by atoms with Crippen molar-refractivity contribution in [2.45, 2.75) is 32.2 Å². The maximum atomic E-state index is 14.3. The van der Waals surface area contributed by atoms with Crippen LogP contribution in [0.2, 0.25) is 0 Å². The highest BCUT2D eigenvalue weighted by Crippen LogP contribution is 2.42. The molecular weight excluding hydrogens is 536 g/mol. The summed E-state index contributed by atoms with van der Waals surface area (Å²) in [5.74, 6) is 1.74. The summed E-state index contributed by atoms with van der Waals surface area (Å²) in [7, 11) is 1.67. The zero-order chi connectivity index (χ0) is 29.3. The van der Waals surface area contributed by atoms with Crippen molar-refractivity contribution in [3.8, 4) is 39.6 Å². The normalized spacial score (nSPS) is 14.7. The van der Waals surface area contributed by atoms with Crippen LogP contribution in [0.15, 0.2) is 84.9 Å². The van der Waals surface area contributed by atoms with Gasteiger partial charge in [-0.15, -0.1) is 0 Å². The molecule has 1 N–H and O–H groups in total. The van der Waals surface area contributed by atoms with Crippen molar-refractivity contribution >= 4 is 16.7 Å². The molecule has 6 nitrogen and oxygen atoms in total. The number of phenols is 1. The van der Waals surface area contributed by atoms with E-state index in [-0.39, 0.29) is 11.5 Å². The molecule has 43 heavy (non-hydrogen) atoms. The summed E-state index contributed by atoms with van der Waals surface area (Å²) in [5, 5.41) is 11.2. The molecule has 0 saturated carbocycles. The van der Waals surface area contributed by atoms with Crippen molar-refractivity contribution in [2.75, 3.05) is 33.4 Å². The maximum Gasteiger partial charge on any atom is 0.195 e. The number of aromatic hydroxyl groups is 1. The number of nitrogens with zero attached hydrogens (tertiary/aromatic N) is 2. The summed E-state index contributed by atoms with van der Waals surface area (Å²) in [6.07, 6.45) is 4.70. The van der Waals surface area contributed by atoms with Crippen LogP contribution in [0.5, 0.6) is 17.2 Å². The van der Waals surface area contributed by atoms with Crippen molar-refractivity contribution < 1.29 is 19.4 Å². The zero-order valence-electron chi connectivity index (χ0n) is 24.5. The number of likely N-dealkylation sites (tertiary alicyclic amines) is 1. The third kappa shape index (κ3) is 5.28. The maximum absolute atomic E-state index is 14.3. The molecule has 0 atom stereocenters. The molecule has 0 radical (unpaired) electrons. The summed E-state index contributed by atoms with van der Waals surface area (Å²) in [6.45, 7) is 4.60. The standard InChI is InChI=1S/C37H36N2O4/c1-42-30-12-7-25(8-13-30)28-6-5-26-17-20-39-34-24-29(40)11-16-32(34)35(36(39)33(26)23-28)37(41)27-9-14-31(15-10-27)43-22-21-38-18-3-2-4-19-38/h5-16,23-24,40H,2-4,17-22H2,1H3. The Bertz CT molecular complexity index is 1780. The van der Waals surface area contributed by atoms with Crippen LogP contribution in [-0.2, 0) is 13.0 Å². The fourth-order valence-corrected chi connectivity index (χ4v) is 6.61. The molecule has 7 rings (SSSR count). The molecule has 0 spiro atoms. The smallest absolute Gasteiger partial charge is 0.195 e. The molecule has 1 aromatic heterocycles. The lowest BCUT2D eigenvalue weighted by Gasteiger charge is -2.26. The Labute approximate surface area is 252 Å². The number of phenolic OH excluding ortho intramolecular Hbond substituents is 1. The second kappa shape index (κ2) is 11.6. The minimum atomic E-state index is -0.0352. The van der Waals surface area contributed by atoms with E-state index < -0.39 is 0 Å². The predicted molar refractivity (Wildman–Crippen MR) is 170 cm³/mol. The van der Waals surface area contributed by atoms with Gasteiger partial charge >= 0.3 is 0 Å². The van der Waals surface area contributed by atoms with Crippen molar-refractivity contribution in [3.05, 3.63) is 102 Å². The minimum absolute atomic E-state index is 0.0352. The highest BCUT2D eigenvalue weighted by molar-refractivity contribution is 6.21. The number of hydrogen-bond donors (Lipinski definition) is 1. The van der Waals surface area contributed by atoms with Gasteiger partial charge in [-0.05, 0) is 104 Å². The summed E-state index contributed by atoms with van der Waals surface area (Å²) in [6, 6.07) is 27.4. The number of piperidine rings is 1. The SMILES string of the molecule is COc1ccc(-c2ccc3c(c2)-c2c(C(=O)c4ccc(OCCN5CCCCC5)cc4)c4ccc(O)cc4n2CC3)cc1. The molecule has 0 amide bonds. The lowest BCUT2D eigenvalue weighted by molar-refractivity contribution is 0.104. The molecule has 0 aliphatic carbocycles. The Balaban J connectivity index is 1.24. The van der Waals surface area contributed by atoms with Crippen LogP contribution < -0.4 is 9.47 Å². The molecule has 5 aromatic rings. The van der Waals surface area contributed by atoms with Crippen LogP contribution in [-0.4, -0.2) is 53.7 Å². The first-order chi connectivity index (χ1) is 21.1. The van der Waals surface area contributed by atoms with E-state index in [0.29, 0.717) is 17.7 Å². The Morgan fingerprint density at radius 2 is 1.56 bits per heavy atom. The lowest BCUT2D eigenvalue weighted by atomic mass is 9.90. The van der Waals surface area contributed by atoms with E-state index in [9.17, 15) is 9.90 Å². The van der Waals surface area contributed by atoms with Crippen LogP contribution in [0.25, 0.3) is 33.3 Å². The molecule has 3 heterocycles. The number of aryl methyl sites for hydroxylation is 2. The van der Waals surface area contributed by atoms with Crippen molar-refractivity contribution in [1.29, 1.82) is 0 Å². The fourth-order valence-electron chi connectivity index (χ4n) is 6.61. The van der Waals surface area contributed by atoms with Gasteiger partial charge in [0.25, 0.3) is 0 Å². The van der Waals surface area contributed by atoms with Crippen LogP contribution in [0.4, 0.5) is 0 Å². The molecule has 6 heteroatoms. The monoisotopic (exact) mass is 572 g/mol. The molecule has 0 unspecified atom stereocenters. The first kappa shape index (κ1) is 27.3. The van der Waals surface area contributed by atoms with Crippen molar-refractivity contribution in [2.24, 2.45) is 0 Å². The van der Waals surface area contributed by atoms with Gasteiger partial charge in [-0.25, -0.2) is 0 Å². The first-order valence-corrected chi connectivity index (χ1v) is 15.2. The van der Waals surface area contributed by atoms with Crippen LogP contribution in [0.1, 0.15) is 40.7 Å².